The van der Waals surface area contributed by atoms with Gasteiger partial charge in [0, 0.05) is 63.8 Å². The molecule has 0 aromatic heterocycles. The van der Waals surface area contributed by atoms with Crippen LogP contribution < -0.4 is 5.32 Å². The van der Waals surface area contributed by atoms with Gasteiger partial charge < -0.3 is 24.6 Å². The Labute approximate surface area is 242 Å². The minimum absolute atomic E-state index is 0.0173. The fraction of sp³-hybridized carbons (Fsp3) is 0.655. The van der Waals surface area contributed by atoms with Crippen molar-refractivity contribution in [1.29, 1.82) is 0 Å². The molecule has 1 atom stereocenters. The maximum Gasteiger partial charge on any atom is 0.414 e. The topological polar surface area (TPSA) is 104 Å². The van der Waals surface area contributed by atoms with Gasteiger partial charge in [0.15, 0.2) is 5.17 Å². The molecule has 1 saturated heterocycles. The molecule has 1 aliphatic carbocycles. The molecule has 3 rings (SSSR count). The normalized spacial score (nSPS) is 19.6. The summed E-state index contributed by atoms with van der Waals surface area (Å²) in [6.07, 6.45) is 8.84. The fourth-order valence-corrected chi connectivity index (χ4v) is 5.31. The molecule has 222 valence electrons. The first-order chi connectivity index (χ1) is 18.9. The first-order valence-corrected chi connectivity index (χ1v) is 15.1. The van der Waals surface area contributed by atoms with E-state index in [4.69, 9.17) is 9.47 Å². The highest BCUT2D eigenvalue weighted by atomic mass is 32.2. The second-order valence-corrected chi connectivity index (χ2v) is 12.6. The lowest BCUT2D eigenvalue weighted by atomic mass is 10.1. The van der Waals surface area contributed by atoms with Gasteiger partial charge >= 0.3 is 12.2 Å². The van der Waals surface area contributed by atoms with Gasteiger partial charge in [0.25, 0.3) is 0 Å². The first kappa shape index (κ1) is 31.6. The van der Waals surface area contributed by atoms with Crippen LogP contribution in [0.3, 0.4) is 0 Å². The van der Waals surface area contributed by atoms with Gasteiger partial charge in [0.2, 0.25) is 5.91 Å². The number of carbonyl (C=O) groups excluding carboxylic acids is 3. The van der Waals surface area contributed by atoms with Crippen molar-refractivity contribution in [3.05, 3.63) is 36.3 Å². The van der Waals surface area contributed by atoms with Crippen LogP contribution in [-0.2, 0) is 14.3 Å². The highest BCUT2D eigenvalue weighted by Gasteiger charge is 2.34. The van der Waals surface area contributed by atoms with Gasteiger partial charge in [-0.3, -0.25) is 9.69 Å². The van der Waals surface area contributed by atoms with Crippen molar-refractivity contribution in [2.45, 2.75) is 90.2 Å². The summed E-state index contributed by atoms with van der Waals surface area (Å²) >= 11 is 1.47. The number of nitrogens with zero attached hydrogens (tertiary/aromatic N) is 4. The summed E-state index contributed by atoms with van der Waals surface area (Å²) in [7, 11) is 1.97. The van der Waals surface area contributed by atoms with Crippen LogP contribution in [0, 0.1) is 5.92 Å². The lowest BCUT2D eigenvalue weighted by Gasteiger charge is -2.33. The number of hydrogen-bond acceptors (Lipinski definition) is 8. The lowest BCUT2D eigenvalue weighted by Crippen LogP contribution is -2.44. The molecule has 3 aliphatic rings. The molecule has 40 heavy (non-hydrogen) atoms. The van der Waals surface area contributed by atoms with Gasteiger partial charge in [0.1, 0.15) is 11.7 Å². The van der Waals surface area contributed by atoms with E-state index in [9.17, 15) is 14.4 Å². The third-order valence-corrected chi connectivity index (χ3v) is 7.99. The lowest BCUT2D eigenvalue weighted by molar-refractivity contribution is -0.120. The predicted molar refractivity (Wildman–Crippen MR) is 158 cm³/mol. The smallest absolute Gasteiger partial charge is 0.414 e. The quantitative estimate of drug-likeness (QED) is 0.233. The van der Waals surface area contributed by atoms with Crippen LogP contribution in [0.2, 0.25) is 0 Å². The number of carbonyl (C=O) groups is 3. The summed E-state index contributed by atoms with van der Waals surface area (Å²) in [4.78, 5) is 47.8. The van der Waals surface area contributed by atoms with Crippen molar-refractivity contribution >= 4 is 35.0 Å². The Balaban J connectivity index is 1.59. The molecular weight excluding hydrogens is 530 g/mol. The third-order valence-electron chi connectivity index (χ3n) is 6.90. The first-order valence-electron chi connectivity index (χ1n) is 14.2. The molecular formula is C29H45N5O5S. The van der Waals surface area contributed by atoms with E-state index in [-0.39, 0.29) is 29.4 Å². The van der Waals surface area contributed by atoms with E-state index in [1.54, 1.807) is 22.1 Å². The van der Waals surface area contributed by atoms with Crippen molar-refractivity contribution in [1.82, 2.24) is 20.0 Å². The Morgan fingerprint density at radius 3 is 2.42 bits per heavy atom. The molecule has 11 heteroatoms. The average molecular weight is 576 g/mol. The van der Waals surface area contributed by atoms with E-state index < -0.39 is 11.7 Å². The van der Waals surface area contributed by atoms with E-state index in [1.807, 2.05) is 47.7 Å². The van der Waals surface area contributed by atoms with Crippen LogP contribution in [0.15, 0.2) is 41.3 Å². The van der Waals surface area contributed by atoms with Gasteiger partial charge in [-0.1, -0.05) is 31.3 Å². The number of nitrogens with one attached hydrogen (secondary N) is 1. The fourth-order valence-electron chi connectivity index (χ4n) is 4.42. The Bertz CT molecular complexity index is 1040. The maximum absolute atomic E-state index is 13.2. The second kappa shape index (κ2) is 14.1. The molecule has 2 heterocycles. The maximum atomic E-state index is 13.2. The number of allylic oxidation sites excluding steroid dienone is 2. The van der Waals surface area contributed by atoms with Crippen molar-refractivity contribution in [2.24, 2.45) is 10.9 Å². The summed E-state index contributed by atoms with van der Waals surface area (Å²) in [5.74, 6) is 0.103. The van der Waals surface area contributed by atoms with Crippen LogP contribution in [0.25, 0.3) is 0 Å². The third kappa shape index (κ3) is 9.04. The molecule has 0 aromatic carbocycles. The SMILES string of the molecule is C=CC1=C(N(C)C(C)SC(=N/C=C/CC)NC(=O)C2CC2)CCN1C(=O)OC1CCN(C(=O)OC(C)(C)C)CC1. The number of rotatable bonds is 8. The molecule has 10 nitrogen and oxygen atoms in total. The molecule has 1 unspecified atom stereocenters. The molecule has 1 N–H and O–H groups in total. The minimum Gasteiger partial charge on any atom is -0.446 e. The van der Waals surface area contributed by atoms with Crippen molar-refractivity contribution in [2.75, 3.05) is 26.7 Å². The molecule has 2 aliphatic heterocycles. The van der Waals surface area contributed by atoms with Gasteiger partial charge in [-0.15, -0.1) is 0 Å². The molecule has 2 fully saturated rings. The molecule has 3 amide bonds. The Morgan fingerprint density at radius 1 is 1.18 bits per heavy atom. The molecule has 1 saturated carbocycles. The van der Waals surface area contributed by atoms with Gasteiger partial charge in [-0.05, 0) is 53.0 Å². The molecule has 0 bridgehead atoms. The summed E-state index contributed by atoms with van der Waals surface area (Å²) in [6.45, 7) is 15.0. The Morgan fingerprint density at radius 2 is 1.85 bits per heavy atom. The number of amidine groups is 1. The summed E-state index contributed by atoms with van der Waals surface area (Å²) in [6, 6.07) is 0. The number of thioether (sulfide) groups is 1. The van der Waals surface area contributed by atoms with Gasteiger partial charge in [-0.2, -0.15) is 0 Å². The van der Waals surface area contributed by atoms with Crippen molar-refractivity contribution < 1.29 is 23.9 Å². The van der Waals surface area contributed by atoms with E-state index in [0.29, 0.717) is 44.1 Å². The zero-order valence-corrected chi connectivity index (χ0v) is 25.6. The zero-order chi connectivity index (χ0) is 29.4. The standard InChI is InChI=1S/C29H45N5O5S/c1-8-10-16-30-26(31-25(35)21-11-12-21)40-20(3)32(7)24-15-19-34(23(24)9-2)28(37)38-22-13-17-33(18-14-22)27(36)39-29(4,5)6/h9-10,16,20-22H,2,8,11-15,17-19H2,1,3-7H3,(H,30,31,35)/b16-10+. The number of likely N-dealkylation sites (tertiary alicyclic amines) is 1. The van der Waals surface area contributed by atoms with Crippen LogP contribution >= 0.6 is 11.8 Å². The van der Waals surface area contributed by atoms with Gasteiger partial charge in [0.05, 0.1) is 11.1 Å². The number of ether oxygens (including phenoxy) is 2. The monoisotopic (exact) mass is 575 g/mol. The van der Waals surface area contributed by atoms with E-state index >= 15 is 0 Å². The molecule has 0 radical (unpaired) electrons. The number of piperidine rings is 1. The second-order valence-electron chi connectivity index (χ2n) is 11.3. The highest BCUT2D eigenvalue weighted by molar-refractivity contribution is 8.14. The number of hydrogen-bond donors (Lipinski definition) is 1. The molecule has 0 aromatic rings. The Hall–Kier alpha value is -2.95. The van der Waals surface area contributed by atoms with Crippen molar-refractivity contribution in [3.63, 3.8) is 0 Å². The summed E-state index contributed by atoms with van der Waals surface area (Å²) in [5, 5.41) is 3.48. The van der Waals surface area contributed by atoms with E-state index in [0.717, 1.165) is 30.7 Å². The van der Waals surface area contributed by atoms with E-state index in [2.05, 4.69) is 21.8 Å². The number of amides is 3. The zero-order valence-electron chi connectivity index (χ0n) is 24.8. The largest absolute Gasteiger partial charge is 0.446 e. The molecule has 0 spiro atoms. The van der Waals surface area contributed by atoms with Crippen LogP contribution in [0.4, 0.5) is 9.59 Å². The number of aliphatic imine (C=N–C) groups is 1. The van der Waals surface area contributed by atoms with Crippen molar-refractivity contribution in [3.8, 4) is 0 Å². The highest BCUT2D eigenvalue weighted by Crippen LogP contribution is 2.32. The minimum atomic E-state index is -0.546. The van der Waals surface area contributed by atoms with Crippen LogP contribution in [0.1, 0.15) is 73.1 Å². The van der Waals surface area contributed by atoms with Gasteiger partial charge in [-0.25, -0.2) is 14.6 Å². The Kier molecular flexibility index (Phi) is 11.1. The predicted octanol–water partition coefficient (Wildman–Crippen LogP) is 5.44. The summed E-state index contributed by atoms with van der Waals surface area (Å²) in [5.41, 5.74) is 1.15. The average Bonchev–Trinajstić information content (AvgIpc) is 3.66. The van der Waals surface area contributed by atoms with Crippen LogP contribution in [0.5, 0.6) is 0 Å². The summed E-state index contributed by atoms with van der Waals surface area (Å²) < 4.78 is 11.3. The van der Waals surface area contributed by atoms with Crippen LogP contribution in [-0.4, -0.2) is 81.7 Å². The van der Waals surface area contributed by atoms with E-state index in [1.165, 1.54) is 11.8 Å².